The quantitative estimate of drug-likeness (QED) is 0.113. The molecule has 0 N–H and O–H groups in total. The molecule has 0 aliphatic heterocycles. The minimum Gasteiger partial charge on any atom is -0.493 e. The number of hydrogen-bond acceptors (Lipinski definition) is 10. The van der Waals surface area contributed by atoms with Crippen LogP contribution in [0.15, 0.2) is 66.7 Å². The number of ether oxygens (including phenoxy) is 6. The first-order valence-corrected chi connectivity index (χ1v) is 14.1. The molecule has 0 radical (unpaired) electrons. The van der Waals surface area contributed by atoms with Crippen LogP contribution in [0.4, 0.5) is 0 Å². The van der Waals surface area contributed by atoms with Gasteiger partial charge >= 0.3 is 23.9 Å². The van der Waals surface area contributed by atoms with Crippen molar-refractivity contribution in [2.45, 2.75) is 46.5 Å². The van der Waals surface area contributed by atoms with Gasteiger partial charge in [0.2, 0.25) is 0 Å². The maximum Gasteiger partial charge on any atom is 0.343 e. The van der Waals surface area contributed by atoms with Crippen molar-refractivity contribution in [3.8, 4) is 23.0 Å². The van der Waals surface area contributed by atoms with E-state index in [0.29, 0.717) is 91.8 Å². The zero-order chi connectivity index (χ0) is 31.0. The van der Waals surface area contributed by atoms with Gasteiger partial charge in [-0.25, -0.2) is 9.59 Å². The molecule has 228 valence electrons. The van der Waals surface area contributed by atoms with Crippen molar-refractivity contribution >= 4 is 23.9 Å². The van der Waals surface area contributed by atoms with Gasteiger partial charge < -0.3 is 28.4 Å². The lowest BCUT2D eigenvalue weighted by atomic mass is 10.2. The van der Waals surface area contributed by atoms with Gasteiger partial charge in [0.05, 0.1) is 37.6 Å². The van der Waals surface area contributed by atoms with Crippen LogP contribution in [0.2, 0.25) is 0 Å². The fourth-order valence-electron chi connectivity index (χ4n) is 3.57. The third kappa shape index (κ3) is 11.1. The van der Waals surface area contributed by atoms with Gasteiger partial charge in [0.1, 0.15) is 23.0 Å². The Balaban J connectivity index is 1.44. The minimum absolute atomic E-state index is 0.246. The molecule has 0 unspecified atom stereocenters. The molecule has 0 aliphatic carbocycles. The highest BCUT2D eigenvalue weighted by Crippen LogP contribution is 2.26. The van der Waals surface area contributed by atoms with Gasteiger partial charge in [0, 0.05) is 25.7 Å². The first-order chi connectivity index (χ1) is 20.8. The highest BCUT2D eigenvalue weighted by molar-refractivity contribution is 5.92. The summed E-state index contributed by atoms with van der Waals surface area (Å²) in [5.74, 6) is 0.200. The molecule has 0 amide bonds. The van der Waals surface area contributed by atoms with Crippen LogP contribution in [-0.2, 0) is 19.1 Å². The van der Waals surface area contributed by atoms with E-state index in [-0.39, 0.29) is 11.9 Å². The van der Waals surface area contributed by atoms with E-state index in [1.807, 2.05) is 0 Å². The molecule has 3 aromatic rings. The second kappa shape index (κ2) is 17.2. The van der Waals surface area contributed by atoms with Crippen LogP contribution in [0.5, 0.6) is 23.0 Å². The van der Waals surface area contributed by atoms with Gasteiger partial charge in [-0.2, -0.15) is 0 Å². The Labute approximate surface area is 250 Å². The molecule has 3 aromatic carbocycles. The van der Waals surface area contributed by atoms with Crippen LogP contribution in [0, 0.1) is 6.92 Å². The molecule has 0 aliphatic rings. The summed E-state index contributed by atoms with van der Waals surface area (Å²) < 4.78 is 32.2. The molecule has 0 aromatic heterocycles. The number of rotatable bonds is 16. The zero-order valence-corrected chi connectivity index (χ0v) is 24.6. The van der Waals surface area contributed by atoms with Gasteiger partial charge in [-0.15, -0.1) is 0 Å². The van der Waals surface area contributed by atoms with Crippen LogP contribution < -0.4 is 18.9 Å². The van der Waals surface area contributed by atoms with Crippen molar-refractivity contribution in [1.29, 1.82) is 0 Å². The Morgan fingerprint density at radius 2 is 1.00 bits per heavy atom. The summed E-state index contributed by atoms with van der Waals surface area (Å²) in [5, 5.41) is 0. The maximum absolute atomic E-state index is 12.7. The highest BCUT2D eigenvalue weighted by atomic mass is 16.5. The van der Waals surface area contributed by atoms with Crippen molar-refractivity contribution in [3.63, 3.8) is 0 Å². The van der Waals surface area contributed by atoms with Gasteiger partial charge in [0.15, 0.2) is 0 Å². The molecule has 0 saturated heterocycles. The lowest BCUT2D eigenvalue weighted by Crippen LogP contribution is -2.11. The standard InChI is InChI=1S/C33H36O10/c1-4-30(34)40-20-6-18-38-26-12-8-24(9-13-26)32(36)42-28-16-17-29(23(3)22-28)43-33(37)25-10-14-27(15-11-25)39-19-7-21-41-31(35)5-2/h8-17,22H,4-7,18-21H2,1-3H3. The number of carbonyl (C=O) groups is 4. The topological polar surface area (TPSA) is 124 Å². The normalized spacial score (nSPS) is 10.4. The molecular formula is C33H36O10. The van der Waals surface area contributed by atoms with Crippen LogP contribution in [0.3, 0.4) is 0 Å². The van der Waals surface area contributed by atoms with Gasteiger partial charge in [-0.3, -0.25) is 9.59 Å². The molecule has 0 bridgehead atoms. The van der Waals surface area contributed by atoms with E-state index in [1.165, 1.54) is 0 Å². The number of hydrogen-bond donors (Lipinski definition) is 0. The lowest BCUT2D eigenvalue weighted by molar-refractivity contribution is -0.144. The average Bonchev–Trinajstić information content (AvgIpc) is 3.02. The largest absolute Gasteiger partial charge is 0.493 e. The van der Waals surface area contributed by atoms with Gasteiger partial charge in [-0.1, -0.05) is 13.8 Å². The Morgan fingerprint density at radius 3 is 1.44 bits per heavy atom. The molecule has 0 atom stereocenters. The summed E-state index contributed by atoms with van der Waals surface area (Å²) >= 11 is 0. The SMILES string of the molecule is CCC(=O)OCCCOc1ccc(C(=O)Oc2ccc(OC(=O)c3ccc(OCCCOC(=O)CC)cc3)c(C)c2)cc1. The molecule has 0 spiro atoms. The summed E-state index contributed by atoms with van der Waals surface area (Å²) in [5.41, 5.74) is 1.28. The highest BCUT2D eigenvalue weighted by Gasteiger charge is 2.14. The van der Waals surface area contributed by atoms with Crippen molar-refractivity contribution in [1.82, 2.24) is 0 Å². The number of carbonyl (C=O) groups excluding carboxylic acids is 4. The Hall–Kier alpha value is -4.86. The molecule has 0 saturated carbocycles. The summed E-state index contributed by atoms with van der Waals surface area (Å²) in [7, 11) is 0. The maximum atomic E-state index is 12.7. The number of esters is 4. The average molecular weight is 593 g/mol. The first kappa shape index (κ1) is 32.7. The van der Waals surface area contributed by atoms with E-state index in [4.69, 9.17) is 28.4 Å². The van der Waals surface area contributed by atoms with E-state index >= 15 is 0 Å². The van der Waals surface area contributed by atoms with E-state index in [9.17, 15) is 19.2 Å². The predicted octanol–water partition coefficient (Wildman–Crippen LogP) is 5.88. The molecule has 0 fully saturated rings. The van der Waals surface area contributed by atoms with Crippen LogP contribution in [0.25, 0.3) is 0 Å². The zero-order valence-electron chi connectivity index (χ0n) is 24.6. The van der Waals surface area contributed by atoms with Crippen molar-refractivity contribution in [2.24, 2.45) is 0 Å². The summed E-state index contributed by atoms with van der Waals surface area (Å²) in [4.78, 5) is 47.5. The van der Waals surface area contributed by atoms with Crippen molar-refractivity contribution < 1.29 is 47.6 Å². The first-order valence-electron chi connectivity index (χ1n) is 14.1. The van der Waals surface area contributed by atoms with E-state index in [0.717, 1.165) is 0 Å². The van der Waals surface area contributed by atoms with Gasteiger partial charge in [-0.05, 0) is 79.2 Å². The molecule has 10 nitrogen and oxygen atoms in total. The van der Waals surface area contributed by atoms with Crippen LogP contribution in [0.1, 0.15) is 65.8 Å². The summed E-state index contributed by atoms with van der Waals surface area (Å²) in [6, 6.07) is 17.8. The summed E-state index contributed by atoms with van der Waals surface area (Å²) in [6.45, 7) is 6.54. The second-order valence-corrected chi connectivity index (χ2v) is 9.31. The number of aryl methyl sites for hydroxylation is 1. The molecular weight excluding hydrogens is 556 g/mol. The third-order valence-electron chi connectivity index (χ3n) is 5.96. The molecule has 0 heterocycles. The van der Waals surface area contributed by atoms with Crippen molar-refractivity contribution in [3.05, 3.63) is 83.4 Å². The monoisotopic (exact) mass is 592 g/mol. The molecule has 43 heavy (non-hydrogen) atoms. The summed E-state index contributed by atoms with van der Waals surface area (Å²) in [6.07, 6.45) is 1.79. The minimum atomic E-state index is -0.550. The second-order valence-electron chi connectivity index (χ2n) is 9.31. The van der Waals surface area contributed by atoms with E-state index in [2.05, 4.69) is 0 Å². The number of benzene rings is 3. The van der Waals surface area contributed by atoms with Gasteiger partial charge in [0.25, 0.3) is 0 Å². The molecule has 3 rings (SSSR count). The fraction of sp³-hybridized carbons (Fsp3) is 0.333. The fourth-order valence-corrected chi connectivity index (χ4v) is 3.57. The Kier molecular flexibility index (Phi) is 13.0. The predicted molar refractivity (Wildman–Crippen MR) is 157 cm³/mol. The van der Waals surface area contributed by atoms with Crippen molar-refractivity contribution in [2.75, 3.05) is 26.4 Å². The third-order valence-corrected chi connectivity index (χ3v) is 5.96. The molecule has 10 heteroatoms. The van der Waals surface area contributed by atoms with E-state index < -0.39 is 11.9 Å². The smallest absolute Gasteiger partial charge is 0.343 e. The Morgan fingerprint density at radius 1 is 0.558 bits per heavy atom. The lowest BCUT2D eigenvalue weighted by Gasteiger charge is -2.11. The van der Waals surface area contributed by atoms with E-state index in [1.54, 1.807) is 87.5 Å². The van der Waals surface area contributed by atoms with Crippen LogP contribution in [-0.4, -0.2) is 50.3 Å². The Bertz CT molecular complexity index is 1360. The van der Waals surface area contributed by atoms with Crippen LogP contribution >= 0.6 is 0 Å².